The number of nitrogens with one attached hydrogen (secondary N) is 1. The maximum atomic E-state index is 3.39. The van der Waals surface area contributed by atoms with Crippen molar-refractivity contribution in [3.8, 4) is 0 Å². The smallest absolute Gasteiger partial charge is 0.0228 e. The van der Waals surface area contributed by atoms with Crippen LogP contribution in [0.25, 0.3) is 0 Å². The molecule has 0 aromatic heterocycles. The van der Waals surface area contributed by atoms with Crippen molar-refractivity contribution in [2.75, 3.05) is 6.54 Å². The van der Waals surface area contributed by atoms with E-state index in [0.29, 0.717) is 0 Å². The monoisotopic (exact) mass is 243 g/mol. The van der Waals surface area contributed by atoms with E-state index in [2.05, 4.69) is 66.2 Å². The molecule has 0 saturated heterocycles. The van der Waals surface area contributed by atoms with Gasteiger partial charge in [-0.25, -0.2) is 0 Å². The average molecular weight is 243 g/mol. The van der Waals surface area contributed by atoms with E-state index >= 15 is 0 Å². The summed E-state index contributed by atoms with van der Waals surface area (Å²) in [4.78, 5) is 1.27. The summed E-state index contributed by atoms with van der Waals surface area (Å²) in [6, 6.07) is 19.1. The Bertz CT molecular complexity index is 436. The van der Waals surface area contributed by atoms with Crippen LogP contribution in [-0.4, -0.2) is 6.54 Å². The van der Waals surface area contributed by atoms with Gasteiger partial charge in [0.15, 0.2) is 0 Å². The van der Waals surface area contributed by atoms with Gasteiger partial charge in [0.05, 0.1) is 0 Å². The van der Waals surface area contributed by atoms with Gasteiger partial charge in [-0.1, -0.05) is 48.0 Å². The minimum atomic E-state index is 0.989. The Morgan fingerprint density at radius 3 is 2.35 bits per heavy atom. The summed E-state index contributed by atoms with van der Waals surface area (Å²) < 4.78 is 3.39. The second kappa shape index (κ2) is 6.48. The third kappa shape index (κ3) is 4.25. The van der Waals surface area contributed by atoms with Crippen LogP contribution in [0.5, 0.6) is 0 Å². The lowest BCUT2D eigenvalue weighted by Crippen LogP contribution is -2.08. The summed E-state index contributed by atoms with van der Waals surface area (Å²) in [5, 5.41) is 0. The first-order chi connectivity index (χ1) is 8.34. The average Bonchev–Trinajstić information content (AvgIpc) is 2.38. The maximum absolute atomic E-state index is 3.39. The van der Waals surface area contributed by atoms with Crippen molar-refractivity contribution in [1.29, 1.82) is 0 Å². The number of hydrogen-bond donors (Lipinski definition) is 1. The van der Waals surface area contributed by atoms with Gasteiger partial charge >= 0.3 is 0 Å². The van der Waals surface area contributed by atoms with Crippen molar-refractivity contribution in [3.05, 3.63) is 65.7 Å². The molecule has 0 fully saturated rings. The van der Waals surface area contributed by atoms with E-state index in [1.807, 2.05) is 0 Å². The summed E-state index contributed by atoms with van der Waals surface area (Å²) in [5.74, 6) is 0. The van der Waals surface area contributed by atoms with Crippen LogP contribution in [0.4, 0.5) is 0 Å². The van der Waals surface area contributed by atoms with Crippen LogP contribution in [0, 0.1) is 6.92 Å². The Balaban J connectivity index is 1.71. The first-order valence-electron chi connectivity index (χ1n) is 5.85. The fourth-order valence-corrected chi connectivity index (χ4v) is 2.22. The Kier molecular flexibility index (Phi) is 4.65. The fraction of sp³-hybridized carbons (Fsp3) is 0.200. The predicted octanol–water partition coefficient (Wildman–Crippen LogP) is 3.83. The second-order valence-corrected chi connectivity index (χ2v) is 5.01. The van der Waals surface area contributed by atoms with Crippen molar-refractivity contribution in [2.24, 2.45) is 0 Å². The lowest BCUT2D eigenvalue weighted by atomic mass is 10.2. The molecule has 0 aliphatic rings. The summed E-state index contributed by atoms with van der Waals surface area (Å²) in [6.07, 6.45) is 1.07. The van der Waals surface area contributed by atoms with Gasteiger partial charge in [0.25, 0.3) is 0 Å². The van der Waals surface area contributed by atoms with Gasteiger partial charge in [-0.2, -0.15) is 0 Å². The van der Waals surface area contributed by atoms with Gasteiger partial charge in [0, 0.05) is 11.4 Å². The molecule has 88 valence electrons. The minimum Gasteiger partial charge on any atom is -0.260 e. The highest BCUT2D eigenvalue weighted by Gasteiger charge is 1.94. The molecule has 0 amide bonds. The largest absolute Gasteiger partial charge is 0.260 e. The van der Waals surface area contributed by atoms with E-state index in [-0.39, 0.29) is 0 Å². The third-order valence-corrected chi connectivity index (χ3v) is 3.43. The molecule has 2 aromatic rings. The highest BCUT2D eigenvalue weighted by molar-refractivity contribution is 7.97. The van der Waals surface area contributed by atoms with Gasteiger partial charge in [0.2, 0.25) is 0 Å². The number of rotatable bonds is 5. The summed E-state index contributed by atoms with van der Waals surface area (Å²) >= 11 is 1.70. The molecule has 2 aromatic carbocycles. The second-order valence-electron chi connectivity index (χ2n) is 4.05. The molecule has 0 spiro atoms. The standard InChI is InChI=1S/C15H17NS/c1-13-7-9-15(10-8-13)17-16-12-11-14-5-3-2-4-6-14/h2-10,16H,11-12H2,1H3. The molecule has 2 heteroatoms. The molecule has 0 radical (unpaired) electrons. The number of aryl methyl sites for hydroxylation is 1. The first-order valence-corrected chi connectivity index (χ1v) is 6.66. The number of hydrogen-bond acceptors (Lipinski definition) is 2. The third-order valence-electron chi connectivity index (χ3n) is 2.57. The van der Waals surface area contributed by atoms with Crippen molar-refractivity contribution in [2.45, 2.75) is 18.2 Å². The van der Waals surface area contributed by atoms with Gasteiger partial charge < -0.3 is 0 Å². The predicted molar refractivity (Wildman–Crippen MR) is 75.2 cm³/mol. The Morgan fingerprint density at radius 2 is 1.65 bits per heavy atom. The van der Waals surface area contributed by atoms with E-state index in [4.69, 9.17) is 0 Å². The van der Waals surface area contributed by atoms with Gasteiger partial charge in [-0.05, 0) is 43.0 Å². The minimum absolute atomic E-state index is 0.989. The topological polar surface area (TPSA) is 12.0 Å². The zero-order chi connectivity index (χ0) is 11.9. The van der Waals surface area contributed by atoms with Crippen molar-refractivity contribution < 1.29 is 0 Å². The van der Waals surface area contributed by atoms with Crippen molar-refractivity contribution >= 4 is 11.9 Å². The molecule has 2 rings (SSSR count). The summed E-state index contributed by atoms with van der Waals surface area (Å²) in [6.45, 7) is 3.10. The maximum Gasteiger partial charge on any atom is 0.0228 e. The lowest BCUT2D eigenvalue weighted by Gasteiger charge is -2.04. The fourth-order valence-electron chi connectivity index (χ4n) is 1.58. The van der Waals surface area contributed by atoms with Crippen LogP contribution in [0.15, 0.2) is 59.5 Å². The van der Waals surface area contributed by atoms with E-state index in [9.17, 15) is 0 Å². The highest BCUT2D eigenvalue weighted by Crippen LogP contribution is 2.14. The molecule has 1 nitrogen and oxygen atoms in total. The molecule has 0 atom stereocenters. The van der Waals surface area contributed by atoms with Crippen molar-refractivity contribution in [1.82, 2.24) is 4.72 Å². The molecule has 0 heterocycles. The van der Waals surface area contributed by atoms with E-state index in [0.717, 1.165) is 13.0 Å². The van der Waals surface area contributed by atoms with Crippen molar-refractivity contribution in [3.63, 3.8) is 0 Å². The lowest BCUT2D eigenvalue weighted by molar-refractivity contribution is 0.907. The number of benzene rings is 2. The van der Waals surface area contributed by atoms with Gasteiger partial charge in [-0.3, -0.25) is 4.72 Å². The first kappa shape index (κ1) is 12.2. The Hall–Kier alpha value is -1.25. The Morgan fingerprint density at radius 1 is 0.941 bits per heavy atom. The van der Waals surface area contributed by atoms with Gasteiger partial charge in [0.1, 0.15) is 0 Å². The zero-order valence-corrected chi connectivity index (χ0v) is 10.8. The van der Waals surface area contributed by atoms with E-state index in [1.165, 1.54) is 16.0 Å². The molecule has 0 saturated carbocycles. The molecule has 0 unspecified atom stereocenters. The zero-order valence-electron chi connectivity index (χ0n) is 10.0. The molecule has 1 N–H and O–H groups in total. The molecule has 0 bridgehead atoms. The quantitative estimate of drug-likeness (QED) is 0.632. The van der Waals surface area contributed by atoms with Crippen LogP contribution in [0.1, 0.15) is 11.1 Å². The normalized spacial score (nSPS) is 10.4. The van der Waals surface area contributed by atoms with Crippen LogP contribution in [0.3, 0.4) is 0 Å². The van der Waals surface area contributed by atoms with Crippen LogP contribution < -0.4 is 4.72 Å². The SMILES string of the molecule is Cc1ccc(SNCCc2ccccc2)cc1. The molecule has 0 aliphatic carbocycles. The summed E-state index contributed by atoms with van der Waals surface area (Å²) in [5.41, 5.74) is 2.68. The van der Waals surface area contributed by atoms with Crippen LogP contribution in [-0.2, 0) is 6.42 Å². The summed E-state index contributed by atoms with van der Waals surface area (Å²) in [7, 11) is 0. The molecular formula is C15H17NS. The molecular weight excluding hydrogens is 226 g/mol. The molecule has 17 heavy (non-hydrogen) atoms. The van der Waals surface area contributed by atoms with E-state index < -0.39 is 0 Å². The van der Waals surface area contributed by atoms with Crippen LogP contribution in [0.2, 0.25) is 0 Å². The van der Waals surface area contributed by atoms with Crippen LogP contribution >= 0.6 is 11.9 Å². The highest BCUT2D eigenvalue weighted by atomic mass is 32.2. The van der Waals surface area contributed by atoms with E-state index in [1.54, 1.807) is 11.9 Å². The Labute approximate surface area is 107 Å². The van der Waals surface area contributed by atoms with Gasteiger partial charge in [-0.15, -0.1) is 0 Å². The molecule has 0 aliphatic heterocycles.